The van der Waals surface area contributed by atoms with E-state index < -0.39 is 5.79 Å². The fraction of sp³-hybridized carbons (Fsp3) is 0.308. The summed E-state index contributed by atoms with van der Waals surface area (Å²) < 4.78 is 19.7. The van der Waals surface area contributed by atoms with Crippen molar-refractivity contribution in [2.75, 3.05) is 40.4 Å². The van der Waals surface area contributed by atoms with Gasteiger partial charge in [0.15, 0.2) is 0 Å². The number of nitrogens with zero attached hydrogens (tertiary/aromatic N) is 1. The molecule has 1 aliphatic heterocycles. The molecule has 1 unspecified atom stereocenters. The van der Waals surface area contributed by atoms with Crippen molar-refractivity contribution in [3.8, 4) is 5.75 Å². The van der Waals surface area contributed by atoms with Gasteiger partial charge in [0.05, 0.1) is 20.7 Å². The van der Waals surface area contributed by atoms with Crippen LogP contribution in [0, 0.1) is 0 Å². The van der Waals surface area contributed by atoms with E-state index >= 15 is 0 Å². The van der Waals surface area contributed by atoms with Gasteiger partial charge in [0.1, 0.15) is 31.5 Å². The molecular formula is C26H30INO3. The topological polar surface area (TPSA) is 27.7 Å². The summed E-state index contributed by atoms with van der Waals surface area (Å²) in [5.74, 6) is 0.0541. The standard InChI is InChI=1S/C26H30NO3.HI/c1-27(2,18-19-28-24-16-10-5-11-17-24)20-25-21-29-26(30-25,22-12-6-3-7-13-22)23-14-8-4-9-15-23;/h3-17,25H,18-21H2,1-2H3;1H/q+1;/p-1. The minimum Gasteiger partial charge on any atom is -1.00 e. The van der Waals surface area contributed by atoms with E-state index in [0.717, 1.165) is 34.4 Å². The van der Waals surface area contributed by atoms with Gasteiger partial charge in [-0.05, 0) is 12.1 Å². The highest BCUT2D eigenvalue weighted by molar-refractivity contribution is 5.34. The zero-order valence-corrected chi connectivity index (χ0v) is 20.3. The molecule has 4 nitrogen and oxygen atoms in total. The quantitative estimate of drug-likeness (QED) is 0.326. The normalized spacial score (nSPS) is 17.7. The molecule has 4 rings (SSSR count). The van der Waals surface area contributed by atoms with Crippen molar-refractivity contribution in [3.05, 3.63) is 102 Å². The van der Waals surface area contributed by atoms with Crippen LogP contribution in [0.2, 0.25) is 0 Å². The van der Waals surface area contributed by atoms with E-state index in [-0.39, 0.29) is 30.1 Å². The maximum absolute atomic E-state index is 6.64. The number of hydrogen-bond donors (Lipinski definition) is 0. The Labute approximate surface area is 202 Å². The molecule has 1 fully saturated rings. The average Bonchev–Trinajstić information content (AvgIpc) is 3.20. The summed E-state index contributed by atoms with van der Waals surface area (Å²) in [4.78, 5) is 0. The van der Waals surface area contributed by atoms with Crippen LogP contribution in [0.4, 0.5) is 0 Å². The Bertz CT molecular complexity index is 880. The fourth-order valence-corrected chi connectivity index (χ4v) is 3.96. The molecule has 1 saturated heterocycles. The molecule has 0 N–H and O–H groups in total. The predicted molar refractivity (Wildman–Crippen MR) is 118 cm³/mol. The van der Waals surface area contributed by atoms with Crippen molar-refractivity contribution in [2.24, 2.45) is 0 Å². The lowest BCUT2D eigenvalue weighted by Gasteiger charge is -2.33. The summed E-state index contributed by atoms with van der Waals surface area (Å²) in [7, 11) is 4.42. The molecule has 0 spiro atoms. The second-order valence-corrected chi connectivity index (χ2v) is 8.40. The SMILES string of the molecule is C[N+](C)(CCOc1ccccc1)CC1COC(c2ccccc2)(c2ccccc2)O1.[I-]. The number of hydrogen-bond acceptors (Lipinski definition) is 3. The van der Waals surface area contributed by atoms with Gasteiger partial charge in [0.2, 0.25) is 5.79 Å². The first-order valence-corrected chi connectivity index (χ1v) is 10.5. The Morgan fingerprint density at radius 1 is 0.839 bits per heavy atom. The van der Waals surface area contributed by atoms with Crippen molar-refractivity contribution in [1.29, 1.82) is 0 Å². The van der Waals surface area contributed by atoms with E-state index in [2.05, 4.69) is 38.4 Å². The highest BCUT2D eigenvalue weighted by Crippen LogP contribution is 2.40. The highest BCUT2D eigenvalue weighted by Gasteiger charge is 2.46. The van der Waals surface area contributed by atoms with Gasteiger partial charge < -0.3 is 42.7 Å². The van der Waals surface area contributed by atoms with E-state index in [1.807, 2.05) is 66.7 Å². The Morgan fingerprint density at radius 3 is 1.90 bits per heavy atom. The number of quaternary nitrogens is 1. The first kappa shape index (κ1) is 23.7. The van der Waals surface area contributed by atoms with Crippen LogP contribution in [0.15, 0.2) is 91.0 Å². The zero-order valence-electron chi connectivity index (χ0n) is 18.1. The second kappa shape index (κ2) is 10.6. The van der Waals surface area contributed by atoms with Gasteiger partial charge in [-0.1, -0.05) is 78.9 Å². The van der Waals surface area contributed by atoms with Gasteiger partial charge >= 0.3 is 0 Å². The van der Waals surface area contributed by atoms with E-state index in [4.69, 9.17) is 14.2 Å². The van der Waals surface area contributed by atoms with Crippen LogP contribution < -0.4 is 28.7 Å². The van der Waals surface area contributed by atoms with Crippen LogP contribution in [0.3, 0.4) is 0 Å². The van der Waals surface area contributed by atoms with Crippen LogP contribution in [-0.2, 0) is 15.3 Å². The molecule has 164 valence electrons. The van der Waals surface area contributed by atoms with Crippen molar-refractivity contribution >= 4 is 0 Å². The van der Waals surface area contributed by atoms with E-state index in [9.17, 15) is 0 Å². The smallest absolute Gasteiger partial charge is 0.222 e. The zero-order chi connectivity index (χ0) is 20.9. The summed E-state index contributed by atoms with van der Waals surface area (Å²) in [6, 6.07) is 30.4. The molecule has 3 aromatic rings. The summed E-state index contributed by atoms with van der Waals surface area (Å²) in [5, 5.41) is 0. The Kier molecular flexibility index (Phi) is 8.11. The van der Waals surface area contributed by atoms with E-state index in [0.29, 0.717) is 13.2 Å². The summed E-state index contributed by atoms with van der Waals surface area (Å²) in [5.41, 5.74) is 2.05. The molecule has 0 aliphatic carbocycles. The molecule has 0 amide bonds. The van der Waals surface area contributed by atoms with Crippen molar-refractivity contribution in [1.82, 2.24) is 0 Å². The molecular weight excluding hydrogens is 501 g/mol. The maximum Gasteiger partial charge on any atom is 0.222 e. The van der Waals surface area contributed by atoms with Gasteiger partial charge in [-0.3, -0.25) is 0 Å². The number of likely N-dealkylation sites (N-methyl/N-ethyl adjacent to an activating group) is 1. The van der Waals surface area contributed by atoms with E-state index in [1.165, 1.54) is 0 Å². The third kappa shape index (κ3) is 5.86. The molecule has 0 saturated carbocycles. The monoisotopic (exact) mass is 531 g/mol. The van der Waals surface area contributed by atoms with Crippen LogP contribution in [0.5, 0.6) is 5.75 Å². The largest absolute Gasteiger partial charge is 1.00 e. The maximum atomic E-state index is 6.64. The van der Waals surface area contributed by atoms with Crippen LogP contribution in [-0.4, -0.2) is 51.0 Å². The van der Waals surface area contributed by atoms with Crippen LogP contribution in [0.25, 0.3) is 0 Å². The molecule has 0 radical (unpaired) electrons. The van der Waals surface area contributed by atoms with Gasteiger partial charge in [0, 0.05) is 11.1 Å². The third-order valence-electron chi connectivity index (χ3n) is 5.52. The van der Waals surface area contributed by atoms with Gasteiger partial charge in [0.25, 0.3) is 0 Å². The lowest BCUT2D eigenvalue weighted by molar-refractivity contribution is -0.893. The van der Waals surface area contributed by atoms with Gasteiger partial charge in [-0.25, -0.2) is 0 Å². The van der Waals surface area contributed by atoms with Crippen molar-refractivity contribution < 1.29 is 42.7 Å². The van der Waals surface area contributed by atoms with Crippen molar-refractivity contribution in [2.45, 2.75) is 11.9 Å². The fourth-order valence-electron chi connectivity index (χ4n) is 3.96. The molecule has 1 aliphatic rings. The number of benzene rings is 3. The average molecular weight is 531 g/mol. The minimum atomic E-state index is -0.853. The van der Waals surface area contributed by atoms with Crippen molar-refractivity contribution in [3.63, 3.8) is 0 Å². The Hall–Kier alpha value is -1.93. The number of ether oxygens (including phenoxy) is 3. The number of halogens is 1. The third-order valence-corrected chi connectivity index (χ3v) is 5.52. The Morgan fingerprint density at radius 2 is 1.35 bits per heavy atom. The summed E-state index contributed by atoms with van der Waals surface area (Å²) in [6.45, 7) is 2.95. The van der Waals surface area contributed by atoms with Gasteiger partial charge in [-0.2, -0.15) is 0 Å². The lowest BCUT2D eigenvalue weighted by atomic mass is 9.97. The minimum absolute atomic E-state index is 0. The van der Waals surface area contributed by atoms with E-state index in [1.54, 1.807) is 0 Å². The van der Waals surface area contributed by atoms with Crippen LogP contribution >= 0.6 is 0 Å². The van der Waals surface area contributed by atoms with Crippen LogP contribution in [0.1, 0.15) is 11.1 Å². The first-order valence-electron chi connectivity index (χ1n) is 10.5. The first-order chi connectivity index (χ1) is 14.6. The molecule has 5 heteroatoms. The Balaban J connectivity index is 0.00000272. The molecule has 0 aromatic heterocycles. The molecule has 31 heavy (non-hydrogen) atoms. The van der Waals surface area contributed by atoms with Gasteiger partial charge in [-0.15, -0.1) is 0 Å². The molecule has 1 atom stereocenters. The molecule has 0 bridgehead atoms. The number of rotatable bonds is 8. The second-order valence-electron chi connectivity index (χ2n) is 8.40. The molecule has 1 heterocycles. The predicted octanol–water partition coefficient (Wildman–Crippen LogP) is 1.46. The summed E-state index contributed by atoms with van der Waals surface area (Å²) in [6.07, 6.45) is -0.00265. The molecule has 3 aromatic carbocycles. The highest BCUT2D eigenvalue weighted by atomic mass is 127. The summed E-state index contributed by atoms with van der Waals surface area (Å²) >= 11 is 0. The lowest BCUT2D eigenvalue weighted by Crippen LogP contribution is -3.00. The number of para-hydroxylation sites is 1.